The molecule has 0 amide bonds. The average Bonchev–Trinajstić information content (AvgIpc) is 2.80. The highest BCUT2D eigenvalue weighted by molar-refractivity contribution is 9.10. The first-order valence-corrected chi connectivity index (χ1v) is 7.82. The van der Waals surface area contributed by atoms with Crippen LogP contribution in [0.4, 0.5) is 0 Å². The first-order chi connectivity index (χ1) is 9.22. The number of aliphatic hydroxyl groups is 1. The van der Waals surface area contributed by atoms with E-state index in [9.17, 15) is 5.11 Å². The molecule has 1 aromatic rings. The fraction of sp³-hybridized carbons (Fsp3) is 0.500. The third kappa shape index (κ3) is 3.10. The third-order valence-electron chi connectivity index (χ3n) is 4.36. The Labute approximate surface area is 123 Å². The number of likely N-dealkylation sites (tertiary alicyclic amines) is 1. The molecule has 1 fully saturated rings. The van der Waals surface area contributed by atoms with E-state index in [-0.39, 0.29) is 6.10 Å². The summed E-state index contributed by atoms with van der Waals surface area (Å²) < 4.78 is 1.03. The van der Waals surface area contributed by atoms with Crippen LogP contribution in [0.1, 0.15) is 24.5 Å². The first-order valence-electron chi connectivity index (χ1n) is 7.03. The number of halogens is 1. The van der Waals surface area contributed by atoms with E-state index in [4.69, 9.17) is 0 Å². The zero-order valence-corrected chi connectivity index (χ0v) is 12.6. The molecule has 3 unspecified atom stereocenters. The molecule has 1 aromatic carbocycles. The van der Waals surface area contributed by atoms with Crippen molar-refractivity contribution in [2.24, 2.45) is 11.8 Å². The molecule has 0 spiro atoms. The van der Waals surface area contributed by atoms with Crippen molar-refractivity contribution >= 4 is 15.9 Å². The number of nitrogens with zero attached hydrogens (tertiary/aromatic N) is 1. The van der Waals surface area contributed by atoms with Gasteiger partial charge in [0.25, 0.3) is 0 Å². The maximum absolute atomic E-state index is 10.4. The molecule has 1 N–H and O–H groups in total. The van der Waals surface area contributed by atoms with Crippen LogP contribution in [0.3, 0.4) is 0 Å². The van der Waals surface area contributed by atoms with Crippen molar-refractivity contribution < 1.29 is 5.11 Å². The van der Waals surface area contributed by atoms with Crippen LogP contribution < -0.4 is 0 Å². The molecule has 0 aromatic heterocycles. The van der Waals surface area contributed by atoms with Gasteiger partial charge in [-0.2, -0.15) is 0 Å². The van der Waals surface area contributed by atoms with Crippen LogP contribution in [0.2, 0.25) is 0 Å². The van der Waals surface area contributed by atoms with Crippen molar-refractivity contribution in [3.8, 4) is 0 Å². The number of aliphatic hydroxyl groups excluding tert-OH is 1. The predicted molar refractivity (Wildman–Crippen MR) is 80.9 cm³/mol. The molecule has 1 aliphatic carbocycles. The topological polar surface area (TPSA) is 23.5 Å². The van der Waals surface area contributed by atoms with Crippen molar-refractivity contribution in [1.29, 1.82) is 0 Å². The highest BCUT2D eigenvalue weighted by Gasteiger charge is 2.33. The summed E-state index contributed by atoms with van der Waals surface area (Å²) in [7, 11) is 0. The monoisotopic (exact) mass is 321 g/mol. The Morgan fingerprint density at radius 1 is 1.21 bits per heavy atom. The second-order valence-corrected chi connectivity index (χ2v) is 6.67. The van der Waals surface area contributed by atoms with E-state index in [1.165, 1.54) is 12.8 Å². The maximum Gasteiger partial charge on any atom is 0.0917 e. The zero-order valence-electron chi connectivity index (χ0n) is 11.0. The standard InChI is InChI=1S/C16H20BrNO/c17-15-7-3-6-12(8-15)16(19)11-18-9-13-4-1-2-5-14(13)10-18/h1-3,6-8,13-14,16,19H,4-5,9-11H2. The molecule has 3 heteroatoms. The largest absolute Gasteiger partial charge is 0.387 e. The molecule has 3 atom stereocenters. The van der Waals surface area contributed by atoms with E-state index < -0.39 is 0 Å². The van der Waals surface area contributed by atoms with Crippen molar-refractivity contribution in [3.63, 3.8) is 0 Å². The minimum Gasteiger partial charge on any atom is -0.387 e. The van der Waals surface area contributed by atoms with Crippen molar-refractivity contribution in [2.45, 2.75) is 18.9 Å². The minimum atomic E-state index is -0.384. The van der Waals surface area contributed by atoms with Gasteiger partial charge >= 0.3 is 0 Å². The normalized spacial score (nSPS) is 28.3. The number of benzene rings is 1. The number of hydrogen-bond acceptors (Lipinski definition) is 2. The lowest BCUT2D eigenvalue weighted by atomic mass is 9.86. The van der Waals surface area contributed by atoms with Gasteiger partial charge in [-0.05, 0) is 42.4 Å². The van der Waals surface area contributed by atoms with Gasteiger partial charge in [-0.1, -0.05) is 40.2 Å². The van der Waals surface area contributed by atoms with Crippen molar-refractivity contribution in [1.82, 2.24) is 4.90 Å². The molecule has 0 bridgehead atoms. The highest BCUT2D eigenvalue weighted by Crippen LogP contribution is 2.33. The smallest absolute Gasteiger partial charge is 0.0917 e. The van der Waals surface area contributed by atoms with E-state index in [1.54, 1.807) is 0 Å². The summed E-state index contributed by atoms with van der Waals surface area (Å²) in [5, 5.41) is 10.4. The maximum atomic E-state index is 10.4. The van der Waals surface area contributed by atoms with Gasteiger partial charge in [0, 0.05) is 24.1 Å². The van der Waals surface area contributed by atoms with Crippen LogP contribution in [0, 0.1) is 11.8 Å². The lowest BCUT2D eigenvalue weighted by Gasteiger charge is -2.20. The summed E-state index contributed by atoms with van der Waals surface area (Å²) in [5.41, 5.74) is 1.00. The molecule has 0 saturated carbocycles. The quantitative estimate of drug-likeness (QED) is 0.863. The molecule has 0 radical (unpaired) electrons. The van der Waals surface area contributed by atoms with Crippen LogP contribution in [-0.4, -0.2) is 29.6 Å². The number of β-amino-alcohol motifs (C(OH)–C–C–N with tert-alkyl or cyclic N) is 1. The van der Waals surface area contributed by atoms with E-state index in [0.717, 1.165) is 41.5 Å². The fourth-order valence-electron chi connectivity index (χ4n) is 3.32. The van der Waals surface area contributed by atoms with Crippen LogP contribution in [0.15, 0.2) is 40.9 Å². The Kier molecular flexibility index (Phi) is 4.06. The molecular formula is C16H20BrNO. The Balaban J connectivity index is 1.60. The van der Waals surface area contributed by atoms with Gasteiger partial charge < -0.3 is 5.11 Å². The van der Waals surface area contributed by atoms with Crippen molar-refractivity contribution in [3.05, 3.63) is 46.5 Å². The van der Waals surface area contributed by atoms with Gasteiger partial charge in [0.15, 0.2) is 0 Å². The second-order valence-electron chi connectivity index (χ2n) is 5.75. The van der Waals surface area contributed by atoms with E-state index in [0.29, 0.717) is 0 Å². The molecule has 1 aliphatic heterocycles. The molecule has 19 heavy (non-hydrogen) atoms. The molecule has 1 saturated heterocycles. The minimum absolute atomic E-state index is 0.384. The van der Waals surface area contributed by atoms with E-state index in [1.807, 2.05) is 24.3 Å². The molecular weight excluding hydrogens is 302 g/mol. The summed E-state index contributed by atoms with van der Waals surface area (Å²) in [4.78, 5) is 2.42. The molecule has 2 nitrogen and oxygen atoms in total. The first kappa shape index (κ1) is 13.3. The zero-order chi connectivity index (χ0) is 13.2. The van der Waals surface area contributed by atoms with E-state index in [2.05, 4.69) is 33.0 Å². The number of rotatable bonds is 3. The predicted octanol–water partition coefficient (Wildman–Crippen LogP) is 3.38. The number of allylic oxidation sites excluding steroid dienone is 2. The molecule has 2 aliphatic rings. The van der Waals surface area contributed by atoms with Crippen LogP contribution in [-0.2, 0) is 0 Å². The van der Waals surface area contributed by atoms with Gasteiger partial charge in [-0.15, -0.1) is 0 Å². The SMILES string of the molecule is OC(CN1CC2CC=CCC2C1)c1cccc(Br)c1. The third-order valence-corrected chi connectivity index (χ3v) is 4.85. The Morgan fingerprint density at radius 3 is 2.53 bits per heavy atom. The van der Waals surface area contributed by atoms with Gasteiger partial charge in [0.2, 0.25) is 0 Å². The number of hydrogen-bond donors (Lipinski definition) is 1. The van der Waals surface area contributed by atoms with Crippen LogP contribution >= 0.6 is 15.9 Å². The van der Waals surface area contributed by atoms with Crippen molar-refractivity contribution in [2.75, 3.05) is 19.6 Å². The van der Waals surface area contributed by atoms with E-state index >= 15 is 0 Å². The van der Waals surface area contributed by atoms with Gasteiger partial charge in [-0.25, -0.2) is 0 Å². The summed E-state index contributed by atoms with van der Waals surface area (Å²) in [5.74, 6) is 1.61. The Hall–Kier alpha value is -0.640. The number of fused-ring (bicyclic) bond motifs is 1. The Morgan fingerprint density at radius 2 is 1.89 bits per heavy atom. The summed E-state index contributed by atoms with van der Waals surface area (Å²) in [6.07, 6.45) is 6.68. The summed E-state index contributed by atoms with van der Waals surface area (Å²) >= 11 is 3.46. The second kappa shape index (κ2) is 5.78. The Bertz CT molecular complexity index is 458. The summed E-state index contributed by atoms with van der Waals surface area (Å²) in [6.45, 7) is 3.03. The van der Waals surface area contributed by atoms with Gasteiger partial charge in [-0.3, -0.25) is 4.90 Å². The molecule has 1 heterocycles. The lowest BCUT2D eigenvalue weighted by Crippen LogP contribution is -2.26. The van der Waals surface area contributed by atoms with Gasteiger partial charge in [0.05, 0.1) is 6.10 Å². The summed E-state index contributed by atoms with van der Waals surface area (Å²) in [6, 6.07) is 7.98. The highest BCUT2D eigenvalue weighted by atomic mass is 79.9. The fourth-order valence-corrected chi connectivity index (χ4v) is 3.74. The van der Waals surface area contributed by atoms with Gasteiger partial charge in [0.1, 0.15) is 0 Å². The van der Waals surface area contributed by atoms with Crippen LogP contribution in [0.5, 0.6) is 0 Å². The molecule has 102 valence electrons. The molecule has 3 rings (SSSR count). The average molecular weight is 322 g/mol. The lowest BCUT2D eigenvalue weighted by molar-refractivity contribution is 0.123. The van der Waals surface area contributed by atoms with Crippen LogP contribution in [0.25, 0.3) is 0 Å².